The van der Waals surface area contributed by atoms with Crippen LogP contribution in [0.15, 0.2) is 84.9 Å². The van der Waals surface area contributed by atoms with Crippen LogP contribution in [0.2, 0.25) is 0 Å². The van der Waals surface area contributed by atoms with Gasteiger partial charge in [0.25, 0.3) is 0 Å². The fraction of sp³-hybridized carbons (Fsp3) is 0.405. The van der Waals surface area contributed by atoms with E-state index < -0.39 is 0 Å². The van der Waals surface area contributed by atoms with Gasteiger partial charge in [0, 0.05) is 54.5 Å². The Balaban J connectivity index is 1.60. The fourth-order valence-electron chi connectivity index (χ4n) is 6.66. The van der Waals surface area contributed by atoms with E-state index in [1.165, 1.54) is 45.3 Å². The average molecular weight is 550 g/mol. The van der Waals surface area contributed by atoms with Crippen LogP contribution in [0.1, 0.15) is 76.0 Å². The molecule has 2 unspecified atom stereocenters. The summed E-state index contributed by atoms with van der Waals surface area (Å²) in [6, 6.07) is 31.8. The van der Waals surface area contributed by atoms with E-state index in [9.17, 15) is 5.11 Å². The third-order valence-corrected chi connectivity index (χ3v) is 9.05. The third kappa shape index (κ3) is 6.23. The normalized spacial score (nSPS) is 17.1. The number of fused-ring (bicyclic) bond motifs is 1. The van der Waals surface area contributed by atoms with Crippen LogP contribution >= 0.6 is 0 Å². The topological polar surface area (TPSA) is 38.7 Å². The first-order chi connectivity index (χ1) is 20.1. The Kier molecular flexibility index (Phi) is 9.51. The second-order valence-electron chi connectivity index (χ2n) is 11.3. The van der Waals surface area contributed by atoms with E-state index in [0.29, 0.717) is 0 Å². The van der Waals surface area contributed by atoms with Gasteiger partial charge in [0.1, 0.15) is 0 Å². The minimum Gasteiger partial charge on any atom is -0.391 e. The number of hydrogen-bond acceptors (Lipinski definition) is 4. The number of benzene rings is 4. The van der Waals surface area contributed by atoms with Gasteiger partial charge in [-0.25, -0.2) is 0 Å². The van der Waals surface area contributed by atoms with Gasteiger partial charge < -0.3 is 20.2 Å². The van der Waals surface area contributed by atoms with Crippen molar-refractivity contribution in [3.8, 4) is 0 Å². The van der Waals surface area contributed by atoms with E-state index in [1.807, 2.05) is 0 Å². The second-order valence-corrected chi connectivity index (χ2v) is 11.3. The Morgan fingerprint density at radius 2 is 1.17 bits per heavy atom. The van der Waals surface area contributed by atoms with Gasteiger partial charge in [0.2, 0.25) is 0 Å². The number of anilines is 3. The minimum atomic E-state index is -0.288. The lowest BCUT2D eigenvalue weighted by Crippen LogP contribution is -2.36. The lowest BCUT2D eigenvalue weighted by atomic mass is 9.82. The highest BCUT2D eigenvalue weighted by Gasteiger charge is 2.25. The van der Waals surface area contributed by atoms with Gasteiger partial charge in [-0.3, -0.25) is 0 Å². The predicted octanol–water partition coefficient (Wildman–Crippen LogP) is 8.43. The zero-order valence-electron chi connectivity index (χ0n) is 25.3. The summed E-state index contributed by atoms with van der Waals surface area (Å²) in [6.45, 7) is 12.9. The zero-order valence-corrected chi connectivity index (χ0v) is 25.3. The Labute approximate surface area is 247 Å². The maximum Gasteiger partial charge on any atom is 0.0741 e. The molecule has 4 aromatic rings. The van der Waals surface area contributed by atoms with Crippen LogP contribution in [0, 0.1) is 0 Å². The quantitative estimate of drug-likeness (QED) is 0.184. The lowest BCUT2D eigenvalue weighted by molar-refractivity contribution is 0.116. The maximum absolute atomic E-state index is 10.7. The number of hydrogen-bond donors (Lipinski definition) is 2. The molecule has 4 aromatic carbocycles. The molecule has 1 aliphatic rings. The highest BCUT2D eigenvalue weighted by molar-refractivity contribution is 5.97. The average Bonchev–Trinajstić information content (AvgIpc) is 3.02. The van der Waals surface area contributed by atoms with Crippen molar-refractivity contribution in [3.63, 3.8) is 0 Å². The number of nitrogens with zero attached hydrogens (tertiary/aromatic N) is 2. The highest BCUT2D eigenvalue weighted by Crippen LogP contribution is 2.40. The molecule has 41 heavy (non-hydrogen) atoms. The molecule has 0 spiro atoms. The van der Waals surface area contributed by atoms with Crippen molar-refractivity contribution >= 4 is 27.8 Å². The van der Waals surface area contributed by atoms with E-state index in [2.05, 4.69) is 128 Å². The number of aliphatic hydroxyl groups is 1. The van der Waals surface area contributed by atoms with E-state index in [4.69, 9.17) is 0 Å². The van der Waals surface area contributed by atoms with Crippen molar-refractivity contribution in [1.29, 1.82) is 0 Å². The molecule has 0 aromatic heterocycles. The largest absolute Gasteiger partial charge is 0.391 e. The minimum absolute atomic E-state index is 0.103. The Morgan fingerprint density at radius 1 is 0.659 bits per heavy atom. The summed E-state index contributed by atoms with van der Waals surface area (Å²) in [5.74, 6) is 0.103. The van der Waals surface area contributed by atoms with E-state index in [-0.39, 0.29) is 18.1 Å². The highest BCUT2D eigenvalue weighted by atomic mass is 16.3. The van der Waals surface area contributed by atoms with Crippen LogP contribution in [-0.2, 0) is 0 Å². The molecule has 4 nitrogen and oxygen atoms in total. The van der Waals surface area contributed by atoms with Crippen LogP contribution < -0.4 is 15.1 Å². The Hall–Kier alpha value is -3.50. The van der Waals surface area contributed by atoms with E-state index >= 15 is 0 Å². The molecular formula is C37H47N3O. The Bertz CT molecular complexity index is 1330. The summed E-state index contributed by atoms with van der Waals surface area (Å²) in [5.41, 5.74) is 7.55. The summed E-state index contributed by atoms with van der Waals surface area (Å²) in [7, 11) is 0. The summed E-state index contributed by atoms with van der Waals surface area (Å²) in [6.07, 6.45) is 3.88. The van der Waals surface area contributed by atoms with Crippen LogP contribution in [-0.4, -0.2) is 43.4 Å². The van der Waals surface area contributed by atoms with Gasteiger partial charge >= 0.3 is 0 Å². The fourth-order valence-corrected chi connectivity index (χ4v) is 6.66. The van der Waals surface area contributed by atoms with Crippen molar-refractivity contribution in [2.24, 2.45) is 0 Å². The predicted molar refractivity (Wildman–Crippen MR) is 177 cm³/mol. The molecule has 2 N–H and O–H groups in total. The molecule has 1 fully saturated rings. The molecule has 5 rings (SSSR count). The SMILES string of the molecule is CCN(CC)c1ccc(C(c2ccc(N(CC)CC)cc2)c2ccc(NC3CCCCC3O)c3ccccc23)cc1. The molecule has 0 radical (unpaired) electrons. The van der Waals surface area contributed by atoms with Crippen molar-refractivity contribution < 1.29 is 5.11 Å². The van der Waals surface area contributed by atoms with Crippen molar-refractivity contribution in [1.82, 2.24) is 0 Å². The monoisotopic (exact) mass is 549 g/mol. The van der Waals surface area contributed by atoms with Gasteiger partial charge in [-0.1, -0.05) is 67.4 Å². The van der Waals surface area contributed by atoms with Gasteiger partial charge in [-0.05, 0) is 92.9 Å². The van der Waals surface area contributed by atoms with Crippen LogP contribution in [0.4, 0.5) is 17.1 Å². The summed E-state index contributed by atoms with van der Waals surface area (Å²) < 4.78 is 0. The Morgan fingerprint density at radius 3 is 1.68 bits per heavy atom. The number of aliphatic hydroxyl groups excluding tert-OH is 1. The standard InChI is InChI=1S/C37H47N3O/c1-5-39(6-2)29-21-17-27(18-22-29)37(28-19-23-30(24-20-28)40(7-3)8-4)33-25-26-34(32-14-10-9-13-31(32)33)38-35-15-11-12-16-36(35)41/h9-10,13-14,17-26,35-38,41H,5-8,11-12,15-16H2,1-4H3. The first-order valence-corrected chi connectivity index (χ1v) is 15.7. The second kappa shape index (κ2) is 13.4. The van der Waals surface area contributed by atoms with Crippen LogP contribution in [0.25, 0.3) is 10.8 Å². The van der Waals surface area contributed by atoms with Crippen molar-refractivity contribution in [2.45, 2.75) is 71.4 Å². The molecule has 0 amide bonds. The maximum atomic E-state index is 10.7. The molecule has 1 aliphatic carbocycles. The van der Waals surface area contributed by atoms with Crippen LogP contribution in [0.5, 0.6) is 0 Å². The first-order valence-electron chi connectivity index (χ1n) is 15.7. The molecular weight excluding hydrogens is 502 g/mol. The summed E-state index contributed by atoms with van der Waals surface area (Å²) in [5, 5.41) is 16.9. The van der Waals surface area contributed by atoms with Crippen LogP contribution in [0.3, 0.4) is 0 Å². The van der Waals surface area contributed by atoms with Gasteiger partial charge in [-0.2, -0.15) is 0 Å². The van der Waals surface area contributed by atoms with E-state index in [1.54, 1.807) is 0 Å². The summed E-state index contributed by atoms with van der Waals surface area (Å²) in [4.78, 5) is 4.79. The smallest absolute Gasteiger partial charge is 0.0741 e. The molecule has 0 aliphatic heterocycles. The lowest BCUT2D eigenvalue weighted by Gasteiger charge is -2.30. The third-order valence-electron chi connectivity index (χ3n) is 9.05. The summed E-state index contributed by atoms with van der Waals surface area (Å²) >= 11 is 0. The molecule has 4 heteroatoms. The first kappa shape index (κ1) is 29.0. The zero-order chi connectivity index (χ0) is 28.8. The van der Waals surface area contributed by atoms with Crippen molar-refractivity contribution in [3.05, 3.63) is 102 Å². The van der Waals surface area contributed by atoms with Crippen molar-refractivity contribution in [2.75, 3.05) is 41.3 Å². The molecule has 2 atom stereocenters. The van der Waals surface area contributed by atoms with Gasteiger partial charge in [0.15, 0.2) is 0 Å². The molecule has 1 saturated carbocycles. The van der Waals surface area contributed by atoms with E-state index in [0.717, 1.165) is 51.1 Å². The van der Waals surface area contributed by atoms with Gasteiger partial charge in [0.05, 0.1) is 12.1 Å². The van der Waals surface area contributed by atoms with Gasteiger partial charge in [-0.15, -0.1) is 0 Å². The number of nitrogens with one attached hydrogen (secondary N) is 1. The molecule has 0 saturated heterocycles. The number of rotatable bonds is 11. The molecule has 216 valence electrons. The molecule has 0 bridgehead atoms. The molecule has 0 heterocycles.